The van der Waals surface area contributed by atoms with Crippen LogP contribution in [-0.4, -0.2) is 35.4 Å². The first-order valence-corrected chi connectivity index (χ1v) is 9.24. The highest BCUT2D eigenvalue weighted by atomic mass is 19.4. The van der Waals surface area contributed by atoms with Crippen molar-refractivity contribution in [3.63, 3.8) is 0 Å². The molecular formula is C20H21F3N4O. The highest BCUT2D eigenvalue weighted by Crippen LogP contribution is 2.30. The first kappa shape index (κ1) is 18.9. The molecule has 5 nitrogen and oxygen atoms in total. The van der Waals surface area contributed by atoms with Gasteiger partial charge in [0.1, 0.15) is 0 Å². The Kier molecular flexibility index (Phi) is 5.07. The fourth-order valence-electron chi connectivity index (χ4n) is 3.45. The van der Waals surface area contributed by atoms with Crippen molar-refractivity contribution in [2.24, 2.45) is 5.92 Å². The summed E-state index contributed by atoms with van der Waals surface area (Å²) in [6.45, 7) is 4.29. The molecule has 0 bridgehead atoms. The van der Waals surface area contributed by atoms with Crippen LogP contribution in [0.4, 0.5) is 13.2 Å². The van der Waals surface area contributed by atoms with Crippen molar-refractivity contribution in [3.05, 3.63) is 64.5 Å². The molecule has 1 fully saturated rings. The first-order valence-electron chi connectivity index (χ1n) is 9.24. The average Bonchev–Trinajstić information content (AvgIpc) is 3.01. The van der Waals surface area contributed by atoms with Crippen LogP contribution in [0.1, 0.15) is 32.7 Å². The SMILES string of the molecule is O=C(NCC1CNC1)c1cnc2c(c1)CN(Cc1ccc(C(F)(F)F)cc1)C2. The number of alkyl halides is 3. The molecule has 2 aromatic rings. The summed E-state index contributed by atoms with van der Waals surface area (Å²) >= 11 is 0. The number of carbonyl (C=O) groups excluding carboxylic acids is 1. The number of nitrogens with zero attached hydrogens (tertiary/aromatic N) is 2. The largest absolute Gasteiger partial charge is 0.416 e. The smallest absolute Gasteiger partial charge is 0.352 e. The number of aromatic nitrogens is 1. The molecule has 0 radical (unpaired) electrons. The molecule has 2 aliphatic rings. The quantitative estimate of drug-likeness (QED) is 0.824. The number of benzene rings is 1. The maximum Gasteiger partial charge on any atom is 0.416 e. The number of halogens is 3. The Morgan fingerprint density at radius 2 is 1.96 bits per heavy atom. The van der Waals surface area contributed by atoms with Crippen molar-refractivity contribution in [1.82, 2.24) is 20.5 Å². The van der Waals surface area contributed by atoms with E-state index in [1.807, 2.05) is 6.07 Å². The number of amides is 1. The van der Waals surface area contributed by atoms with E-state index < -0.39 is 11.7 Å². The van der Waals surface area contributed by atoms with E-state index in [4.69, 9.17) is 0 Å². The molecule has 1 aromatic carbocycles. The van der Waals surface area contributed by atoms with Crippen molar-refractivity contribution in [3.8, 4) is 0 Å². The van der Waals surface area contributed by atoms with Crippen molar-refractivity contribution in [2.75, 3.05) is 19.6 Å². The molecule has 0 aliphatic carbocycles. The predicted octanol–water partition coefficient (Wildman–Crippen LogP) is 2.57. The number of fused-ring (bicyclic) bond motifs is 1. The number of rotatable bonds is 5. The highest BCUT2D eigenvalue weighted by molar-refractivity contribution is 5.94. The van der Waals surface area contributed by atoms with E-state index in [0.717, 1.165) is 42.0 Å². The predicted molar refractivity (Wildman–Crippen MR) is 97.3 cm³/mol. The van der Waals surface area contributed by atoms with Gasteiger partial charge in [0, 0.05) is 51.4 Å². The van der Waals surface area contributed by atoms with Crippen LogP contribution >= 0.6 is 0 Å². The Hall–Kier alpha value is -2.45. The molecule has 148 valence electrons. The van der Waals surface area contributed by atoms with Crippen LogP contribution in [0.2, 0.25) is 0 Å². The third-order valence-electron chi connectivity index (χ3n) is 5.19. The molecule has 8 heteroatoms. The summed E-state index contributed by atoms with van der Waals surface area (Å²) in [7, 11) is 0. The average molecular weight is 390 g/mol. The van der Waals surface area contributed by atoms with Gasteiger partial charge < -0.3 is 10.6 Å². The molecule has 28 heavy (non-hydrogen) atoms. The van der Waals surface area contributed by atoms with Gasteiger partial charge in [0.25, 0.3) is 5.91 Å². The number of hydrogen-bond acceptors (Lipinski definition) is 4. The molecule has 0 spiro atoms. The second-order valence-corrected chi connectivity index (χ2v) is 7.40. The maximum absolute atomic E-state index is 12.7. The van der Waals surface area contributed by atoms with Gasteiger partial charge in [0.05, 0.1) is 16.8 Å². The van der Waals surface area contributed by atoms with E-state index in [1.165, 1.54) is 12.1 Å². The van der Waals surface area contributed by atoms with Crippen LogP contribution in [0.15, 0.2) is 36.5 Å². The second kappa shape index (κ2) is 7.52. The highest BCUT2D eigenvalue weighted by Gasteiger charge is 2.30. The molecule has 0 saturated carbocycles. The summed E-state index contributed by atoms with van der Waals surface area (Å²) in [5, 5.41) is 6.11. The van der Waals surface area contributed by atoms with Crippen LogP contribution in [0, 0.1) is 5.92 Å². The van der Waals surface area contributed by atoms with Gasteiger partial charge in [-0.15, -0.1) is 0 Å². The lowest BCUT2D eigenvalue weighted by molar-refractivity contribution is -0.137. The molecule has 1 aromatic heterocycles. The lowest BCUT2D eigenvalue weighted by atomic mass is 10.0. The van der Waals surface area contributed by atoms with Crippen LogP contribution in [0.3, 0.4) is 0 Å². The van der Waals surface area contributed by atoms with Gasteiger partial charge in [-0.2, -0.15) is 13.2 Å². The number of nitrogens with one attached hydrogen (secondary N) is 2. The summed E-state index contributed by atoms with van der Waals surface area (Å²) in [4.78, 5) is 18.8. The third kappa shape index (κ3) is 4.18. The lowest BCUT2D eigenvalue weighted by Gasteiger charge is -2.27. The summed E-state index contributed by atoms with van der Waals surface area (Å²) in [5.41, 5.74) is 2.61. The Morgan fingerprint density at radius 1 is 1.21 bits per heavy atom. The molecule has 0 unspecified atom stereocenters. The van der Waals surface area contributed by atoms with Crippen LogP contribution in [0.25, 0.3) is 0 Å². The minimum Gasteiger partial charge on any atom is -0.352 e. The Balaban J connectivity index is 1.36. The minimum absolute atomic E-state index is 0.122. The van der Waals surface area contributed by atoms with Gasteiger partial charge in [0.15, 0.2) is 0 Å². The topological polar surface area (TPSA) is 57.3 Å². The van der Waals surface area contributed by atoms with Crippen molar-refractivity contribution >= 4 is 5.91 Å². The summed E-state index contributed by atoms with van der Waals surface area (Å²) < 4.78 is 38.0. The Labute approximate surface area is 160 Å². The van der Waals surface area contributed by atoms with Crippen LogP contribution < -0.4 is 10.6 Å². The van der Waals surface area contributed by atoms with Gasteiger partial charge >= 0.3 is 6.18 Å². The normalized spacial score (nSPS) is 17.2. The van der Waals surface area contributed by atoms with Crippen molar-refractivity contribution < 1.29 is 18.0 Å². The fraction of sp³-hybridized carbons (Fsp3) is 0.400. The van der Waals surface area contributed by atoms with E-state index in [-0.39, 0.29) is 5.91 Å². The van der Waals surface area contributed by atoms with Crippen LogP contribution in [0.5, 0.6) is 0 Å². The van der Waals surface area contributed by atoms with Gasteiger partial charge in [-0.25, -0.2) is 0 Å². The zero-order valence-electron chi connectivity index (χ0n) is 15.2. The van der Waals surface area contributed by atoms with Gasteiger partial charge in [0.2, 0.25) is 0 Å². The van der Waals surface area contributed by atoms with Crippen molar-refractivity contribution in [1.29, 1.82) is 0 Å². The monoisotopic (exact) mass is 390 g/mol. The van der Waals surface area contributed by atoms with Crippen LogP contribution in [-0.2, 0) is 25.8 Å². The van der Waals surface area contributed by atoms with E-state index in [0.29, 0.717) is 37.7 Å². The molecule has 2 N–H and O–H groups in total. The summed E-state index contributed by atoms with van der Waals surface area (Å²) in [5.74, 6) is 0.369. The standard InChI is InChI=1S/C20H21F3N4O/c21-20(22,23)17-3-1-13(2-4-17)10-27-11-16-5-15(9-25-18(16)12-27)19(28)26-8-14-6-24-7-14/h1-5,9,14,24H,6-8,10-12H2,(H,26,28). The molecule has 1 saturated heterocycles. The summed E-state index contributed by atoms with van der Waals surface area (Å²) in [6.07, 6.45) is -2.73. The number of hydrogen-bond donors (Lipinski definition) is 2. The number of pyridine rings is 1. The zero-order chi connectivity index (χ0) is 19.7. The molecule has 0 atom stereocenters. The fourth-order valence-corrected chi connectivity index (χ4v) is 3.45. The first-order chi connectivity index (χ1) is 13.4. The van der Waals surface area contributed by atoms with E-state index in [2.05, 4.69) is 20.5 Å². The molecule has 4 rings (SSSR count). The molecule has 1 amide bonds. The maximum atomic E-state index is 12.7. The van der Waals surface area contributed by atoms with Gasteiger partial charge in [-0.1, -0.05) is 12.1 Å². The van der Waals surface area contributed by atoms with E-state index >= 15 is 0 Å². The van der Waals surface area contributed by atoms with Gasteiger partial charge in [-0.05, 0) is 29.3 Å². The lowest BCUT2D eigenvalue weighted by Crippen LogP contribution is -2.48. The summed E-state index contributed by atoms with van der Waals surface area (Å²) in [6, 6.07) is 7.10. The second-order valence-electron chi connectivity index (χ2n) is 7.40. The minimum atomic E-state index is -4.32. The van der Waals surface area contributed by atoms with Gasteiger partial charge in [-0.3, -0.25) is 14.7 Å². The van der Waals surface area contributed by atoms with E-state index in [9.17, 15) is 18.0 Å². The number of carbonyl (C=O) groups is 1. The van der Waals surface area contributed by atoms with Crippen molar-refractivity contribution in [2.45, 2.75) is 25.8 Å². The Bertz CT molecular complexity index is 863. The molecular weight excluding hydrogens is 369 g/mol. The molecule has 2 aliphatic heterocycles. The Morgan fingerprint density at radius 3 is 2.61 bits per heavy atom. The molecule has 3 heterocycles. The van der Waals surface area contributed by atoms with E-state index in [1.54, 1.807) is 6.20 Å². The zero-order valence-corrected chi connectivity index (χ0v) is 15.2. The third-order valence-corrected chi connectivity index (χ3v) is 5.19.